The molecule has 4 heteroatoms. The van der Waals surface area contributed by atoms with Crippen molar-refractivity contribution in [2.75, 3.05) is 39.4 Å². The molecular weight excluding hydrogens is 288 g/mol. The van der Waals surface area contributed by atoms with Gasteiger partial charge in [-0.15, -0.1) is 0 Å². The number of rotatable bonds is 5. The molecule has 1 aromatic rings. The fourth-order valence-electron chi connectivity index (χ4n) is 3.61. The van der Waals surface area contributed by atoms with Crippen molar-refractivity contribution in [3.8, 4) is 5.75 Å². The van der Waals surface area contributed by atoms with Crippen molar-refractivity contribution in [1.29, 1.82) is 0 Å². The second-order valence-corrected chi connectivity index (χ2v) is 7.03. The molecule has 2 saturated heterocycles. The van der Waals surface area contributed by atoms with E-state index in [9.17, 15) is 0 Å². The van der Waals surface area contributed by atoms with Gasteiger partial charge in [-0.2, -0.15) is 0 Å². The van der Waals surface area contributed by atoms with Crippen molar-refractivity contribution in [1.82, 2.24) is 10.2 Å². The van der Waals surface area contributed by atoms with Gasteiger partial charge in [0.15, 0.2) is 0 Å². The van der Waals surface area contributed by atoms with E-state index in [4.69, 9.17) is 9.47 Å². The molecule has 0 aromatic heterocycles. The van der Waals surface area contributed by atoms with Crippen LogP contribution in [0.25, 0.3) is 0 Å². The van der Waals surface area contributed by atoms with Crippen LogP contribution < -0.4 is 10.1 Å². The Morgan fingerprint density at radius 3 is 2.83 bits per heavy atom. The summed E-state index contributed by atoms with van der Waals surface area (Å²) < 4.78 is 11.5. The lowest BCUT2D eigenvalue weighted by atomic mass is 9.97. The molecule has 0 spiro atoms. The molecule has 0 bridgehead atoms. The Bertz CT molecular complexity index is 486. The van der Waals surface area contributed by atoms with Crippen LogP contribution in [0.1, 0.15) is 38.3 Å². The van der Waals surface area contributed by atoms with E-state index in [0.717, 1.165) is 44.5 Å². The number of piperazine rings is 1. The average Bonchev–Trinajstić information content (AvgIpc) is 2.56. The molecule has 2 fully saturated rings. The third kappa shape index (κ3) is 4.69. The number of benzene rings is 1. The van der Waals surface area contributed by atoms with Gasteiger partial charge in [-0.25, -0.2) is 0 Å². The van der Waals surface area contributed by atoms with E-state index in [2.05, 4.69) is 48.3 Å². The predicted molar refractivity (Wildman–Crippen MR) is 92.9 cm³/mol. The number of ether oxygens (including phenoxy) is 2. The van der Waals surface area contributed by atoms with Crippen LogP contribution in [0.3, 0.4) is 0 Å². The van der Waals surface area contributed by atoms with Crippen molar-refractivity contribution >= 4 is 0 Å². The molecule has 128 valence electrons. The van der Waals surface area contributed by atoms with Crippen molar-refractivity contribution in [3.63, 3.8) is 0 Å². The Kier molecular flexibility index (Phi) is 5.92. The molecule has 2 aliphatic rings. The zero-order valence-corrected chi connectivity index (χ0v) is 14.5. The highest BCUT2D eigenvalue weighted by Gasteiger charge is 2.25. The van der Waals surface area contributed by atoms with Gasteiger partial charge in [0.1, 0.15) is 5.75 Å². The molecule has 23 heavy (non-hydrogen) atoms. The maximum atomic E-state index is 6.01. The van der Waals surface area contributed by atoms with Gasteiger partial charge < -0.3 is 14.8 Å². The lowest BCUT2D eigenvalue weighted by Crippen LogP contribution is -2.47. The van der Waals surface area contributed by atoms with E-state index >= 15 is 0 Å². The van der Waals surface area contributed by atoms with Crippen molar-refractivity contribution in [3.05, 3.63) is 29.8 Å². The van der Waals surface area contributed by atoms with E-state index < -0.39 is 0 Å². The normalized spacial score (nSPS) is 24.0. The topological polar surface area (TPSA) is 33.7 Å². The molecule has 2 aliphatic heterocycles. The Labute approximate surface area is 140 Å². The van der Waals surface area contributed by atoms with Crippen LogP contribution in [0.5, 0.6) is 5.75 Å². The summed E-state index contributed by atoms with van der Waals surface area (Å²) in [6, 6.07) is 8.83. The van der Waals surface area contributed by atoms with Crippen LogP contribution in [0, 0.1) is 5.92 Å². The van der Waals surface area contributed by atoms with Gasteiger partial charge in [-0.1, -0.05) is 18.2 Å². The third-order valence-corrected chi connectivity index (χ3v) is 4.77. The van der Waals surface area contributed by atoms with Crippen molar-refractivity contribution in [2.24, 2.45) is 5.92 Å². The summed E-state index contributed by atoms with van der Waals surface area (Å²) in [4.78, 5) is 2.61. The first-order valence-electron chi connectivity index (χ1n) is 9.01. The van der Waals surface area contributed by atoms with E-state index in [-0.39, 0.29) is 6.10 Å². The van der Waals surface area contributed by atoms with E-state index in [1.807, 2.05) is 0 Å². The van der Waals surface area contributed by atoms with Crippen molar-refractivity contribution < 1.29 is 9.47 Å². The van der Waals surface area contributed by atoms with E-state index in [0.29, 0.717) is 6.04 Å². The summed E-state index contributed by atoms with van der Waals surface area (Å²) in [6.07, 6.45) is 2.63. The Balaban J connectivity index is 1.64. The van der Waals surface area contributed by atoms with Crippen molar-refractivity contribution in [2.45, 2.75) is 38.8 Å². The SMILES string of the molecule is CC(C)Oc1ccccc1C1CN(CC2CCOCC2)CCN1. The first kappa shape index (κ1) is 16.7. The zero-order chi connectivity index (χ0) is 16.1. The summed E-state index contributed by atoms with van der Waals surface area (Å²) in [5.74, 6) is 1.82. The smallest absolute Gasteiger partial charge is 0.124 e. The lowest BCUT2D eigenvalue weighted by molar-refractivity contribution is 0.0478. The molecule has 3 rings (SSSR count). The predicted octanol–water partition coefficient (Wildman–Crippen LogP) is 2.85. The number of para-hydroxylation sites is 1. The fraction of sp³-hybridized carbons (Fsp3) is 0.684. The molecule has 1 atom stereocenters. The van der Waals surface area contributed by atoms with Gasteiger partial charge in [0.05, 0.1) is 6.10 Å². The van der Waals surface area contributed by atoms with Gasteiger partial charge in [-0.3, -0.25) is 4.90 Å². The van der Waals surface area contributed by atoms with Crippen LogP contribution in [0.4, 0.5) is 0 Å². The molecule has 0 saturated carbocycles. The van der Waals surface area contributed by atoms with Crippen LogP contribution in [-0.2, 0) is 4.74 Å². The summed E-state index contributed by atoms with van der Waals surface area (Å²) in [7, 11) is 0. The third-order valence-electron chi connectivity index (χ3n) is 4.77. The lowest BCUT2D eigenvalue weighted by Gasteiger charge is -2.37. The Morgan fingerprint density at radius 2 is 2.04 bits per heavy atom. The second kappa shape index (κ2) is 8.13. The largest absolute Gasteiger partial charge is 0.491 e. The van der Waals surface area contributed by atoms with Crippen LogP contribution in [-0.4, -0.2) is 50.4 Å². The molecule has 1 N–H and O–H groups in total. The first-order chi connectivity index (χ1) is 11.2. The van der Waals surface area contributed by atoms with Crippen LogP contribution >= 0.6 is 0 Å². The summed E-state index contributed by atoms with van der Waals surface area (Å²) in [6.45, 7) is 10.5. The maximum Gasteiger partial charge on any atom is 0.124 e. The molecule has 0 aliphatic carbocycles. The highest BCUT2D eigenvalue weighted by atomic mass is 16.5. The number of nitrogens with zero attached hydrogens (tertiary/aromatic N) is 1. The first-order valence-corrected chi connectivity index (χ1v) is 9.01. The minimum absolute atomic E-state index is 0.207. The van der Waals surface area contributed by atoms with Gasteiger partial charge in [-0.05, 0) is 38.7 Å². The molecule has 0 amide bonds. The molecule has 1 aromatic carbocycles. The highest BCUT2D eigenvalue weighted by molar-refractivity contribution is 5.36. The molecule has 2 heterocycles. The summed E-state index contributed by atoms with van der Waals surface area (Å²) >= 11 is 0. The zero-order valence-electron chi connectivity index (χ0n) is 14.5. The summed E-state index contributed by atoms with van der Waals surface area (Å²) in [5, 5.41) is 3.67. The monoisotopic (exact) mass is 318 g/mol. The molecule has 1 unspecified atom stereocenters. The fourth-order valence-corrected chi connectivity index (χ4v) is 3.61. The number of hydrogen-bond acceptors (Lipinski definition) is 4. The Morgan fingerprint density at radius 1 is 1.26 bits per heavy atom. The standard InChI is InChI=1S/C19H30N2O2/c1-15(2)23-19-6-4-3-5-17(19)18-14-21(10-9-20-18)13-16-7-11-22-12-8-16/h3-6,15-16,18,20H,7-14H2,1-2H3. The maximum absolute atomic E-state index is 6.01. The van der Waals surface area contributed by atoms with E-state index in [1.54, 1.807) is 0 Å². The quantitative estimate of drug-likeness (QED) is 0.905. The summed E-state index contributed by atoms with van der Waals surface area (Å²) in [5.41, 5.74) is 1.29. The molecule has 0 radical (unpaired) electrons. The number of hydrogen-bond donors (Lipinski definition) is 1. The molecular formula is C19H30N2O2. The average molecular weight is 318 g/mol. The molecule has 4 nitrogen and oxygen atoms in total. The number of nitrogens with one attached hydrogen (secondary N) is 1. The van der Waals surface area contributed by atoms with Crippen LogP contribution in [0.2, 0.25) is 0 Å². The minimum atomic E-state index is 0.207. The highest BCUT2D eigenvalue weighted by Crippen LogP contribution is 2.28. The van der Waals surface area contributed by atoms with E-state index in [1.165, 1.54) is 24.9 Å². The van der Waals surface area contributed by atoms with Gasteiger partial charge in [0.25, 0.3) is 0 Å². The van der Waals surface area contributed by atoms with Gasteiger partial charge in [0.2, 0.25) is 0 Å². The van der Waals surface area contributed by atoms with Gasteiger partial charge >= 0.3 is 0 Å². The second-order valence-electron chi connectivity index (χ2n) is 7.03. The Hall–Kier alpha value is -1.10. The van der Waals surface area contributed by atoms with Crippen LogP contribution in [0.15, 0.2) is 24.3 Å². The van der Waals surface area contributed by atoms with Gasteiger partial charge in [0, 0.05) is 51.0 Å². The minimum Gasteiger partial charge on any atom is -0.491 e.